The van der Waals surface area contributed by atoms with Crippen molar-refractivity contribution >= 4 is 5.97 Å². The van der Waals surface area contributed by atoms with E-state index >= 15 is 0 Å². The SMILES string of the molecule is CN1CCN(Cc2ccc(CC(=O)O)cc2)CC1. The van der Waals surface area contributed by atoms with Crippen LogP contribution < -0.4 is 0 Å². The molecule has 1 saturated heterocycles. The fourth-order valence-corrected chi connectivity index (χ4v) is 2.20. The van der Waals surface area contributed by atoms with Crippen LogP contribution in [0.4, 0.5) is 0 Å². The van der Waals surface area contributed by atoms with Crippen LogP contribution in [-0.4, -0.2) is 54.1 Å². The average molecular weight is 248 g/mol. The van der Waals surface area contributed by atoms with Crippen molar-refractivity contribution in [3.63, 3.8) is 0 Å². The van der Waals surface area contributed by atoms with Gasteiger partial charge in [-0.15, -0.1) is 0 Å². The number of nitrogens with zero attached hydrogens (tertiary/aromatic N) is 2. The van der Waals surface area contributed by atoms with E-state index in [1.807, 2.05) is 24.3 Å². The lowest BCUT2D eigenvalue weighted by Gasteiger charge is -2.32. The fourth-order valence-electron chi connectivity index (χ4n) is 2.20. The average Bonchev–Trinajstić information content (AvgIpc) is 2.34. The van der Waals surface area contributed by atoms with E-state index in [2.05, 4.69) is 16.8 Å². The van der Waals surface area contributed by atoms with Crippen LogP contribution in [0.5, 0.6) is 0 Å². The highest BCUT2D eigenvalue weighted by atomic mass is 16.4. The van der Waals surface area contributed by atoms with Gasteiger partial charge in [0.25, 0.3) is 0 Å². The molecule has 18 heavy (non-hydrogen) atoms. The fraction of sp³-hybridized carbons (Fsp3) is 0.500. The van der Waals surface area contributed by atoms with E-state index in [0.717, 1.165) is 38.3 Å². The normalized spacial score (nSPS) is 17.8. The third kappa shape index (κ3) is 3.82. The predicted molar refractivity (Wildman–Crippen MR) is 70.6 cm³/mol. The minimum atomic E-state index is -0.776. The lowest BCUT2D eigenvalue weighted by molar-refractivity contribution is -0.136. The van der Waals surface area contributed by atoms with E-state index < -0.39 is 5.97 Å². The molecule has 0 atom stereocenters. The lowest BCUT2D eigenvalue weighted by Crippen LogP contribution is -2.43. The highest BCUT2D eigenvalue weighted by molar-refractivity contribution is 5.70. The topological polar surface area (TPSA) is 43.8 Å². The molecule has 0 radical (unpaired) electrons. The maximum Gasteiger partial charge on any atom is 0.307 e. The zero-order chi connectivity index (χ0) is 13.0. The Kier molecular flexibility index (Phi) is 4.33. The summed E-state index contributed by atoms with van der Waals surface area (Å²) >= 11 is 0. The number of carbonyl (C=O) groups is 1. The van der Waals surface area contributed by atoms with Crippen molar-refractivity contribution in [2.45, 2.75) is 13.0 Å². The van der Waals surface area contributed by atoms with Gasteiger partial charge in [0.2, 0.25) is 0 Å². The van der Waals surface area contributed by atoms with Crippen LogP contribution >= 0.6 is 0 Å². The van der Waals surface area contributed by atoms with Gasteiger partial charge >= 0.3 is 5.97 Å². The summed E-state index contributed by atoms with van der Waals surface area (Å²) in [5, 5.41) is 8.71. The molecule has 4 heteroatoms. The van der Waals surface area contributed by atoms with E-state index in [1.54, 1.807) is 0 Å². The molecule has 0 saturated carbocycles. The number of benzene rings is 1. The number of hydrogen-bond donors (Lipinski definition) is 1. The van der Waals surface area contributed by atoms with Gasteiger partial charge in [-0.05, 0) is 18.2 Å². The van der Waals surface area contributed by atoms with Crippen LogP contribution in [0, 0.1) is 0 Å². The van der Waals surface area contributed by atoms with E-state index in [4.69, 9.17) is 5.11 Å². The van der Waals surface area contributed by atoms with E-state index in [0.29, 0.717) is 0 Å². The number of piperazine rings is 1. The summed E-state index contributed by atoms with van der Waals surface area (Å²) < 4.78 is 0. The Morgan fingerprint density at radius 3 is 2.22 bits per heavy atom. The number of aliphatic carboxylic acids is 1. The Morgan fingerprint density at radius 2 is 1.67 bits per heavy atom. The first-order valence-electron chi connectivity index (χ1n) is 6.34. The molecule has 0 bridgehead atoms. The number of hydrogen-bond acceptors (Lipinski definition) is 3. The van der Waals surface area contributed by atoms with Gasteiger partial charge in [-0.1, -0.05) is 24.3 Å². The third-order valence-electron chi connectivity index (χ3n) is 3.38. The molecule has 1 N–H and O–H groups in total. The molecule has 0 aliphatic carbocycles. The van der Waals surface area contributed by atoms with Crippen LogP contribution in [0.2, 0.25) is 0 Å². The minimum absolute atomic E-state index is 0.106. The van der Waals surface area contributed by atoms with Crippen LogP contribution in [0.25, 0.3) is 0 Å². The zero-order valence-corrected chi connectivity index (χ0v) is 10.8. The van der Waals surface area contributed by atoms with Gasteiger partial charge in [-0.25, -0.2) is 0 Å². The summed E-state index contributed by atoms with van der Waals surface area (Å²) in [6.45, 7) is 5.41. The summed E-state index contributed by atoms with van der Waals surface area (Å²) in [5.41, 5.74) is 2.12. The highest BCUT2D eigenvalue weighted by Crippen LogP contribution is 2.10. The molecule has 1 fully saturated rings. The number of rotatable bonds is 4. The Balaban J connectivity index is 1.88. The molecular weight excluding hydrogens is 228 g/mol. The number of likely N-dealkylation sites (N-methyl/N-ethyl adjacent to an activating group) is 1. The Bertz CT molecular complexity index is 395. The summed E-state index contributed by atoms with van der Waals surface area (Å²) in [6, 6.07) is 7.91. The largest absolute Gasteiger partial charge is 0.481 e. The maximum atomic E-state index is 10.6. The predicted octanol–water partition coefficient (Wildman–Crippen LogP) is 1.06. The summed E-state index contributed by atoms with van der Waals surface area (Å²) in [5.74, 6) is -0.776. The molecule has 0 unspecified atom stereocenters. The van der Waals surface area contributed by atoms with Gasteiger partial charge in [0.1, 0.15) is 0 Å². The first-order chi connectivity index (χ1) is 8.63. The second kappa shape index (κ2) is 5.98. The van der Waals surface area contributed by atoms with Crippen molar-refractivity contribution in [1.29, 1.82) is 0 Å². The van der Waals surface area contributed by atoms with Gasteiger partial charge in [-0.2, -0.15) is 0 Å². The molecule has 4 nitrogen and oxygen atoms in total. The second-order valence-electron chi connectivity index (χ2n) is 4.97. The van der Waals surface area contributed by atoms with Crippen LogP contribution in [0.3, 0.4) is 0 Å². The van der Waals surface area contributed by atoms with E-state index in [-0.39, 0.29) is 6.42 Å². The second-order valence-corrected chi connectivity index (χ2v) is 4.97. The van der Waals surface area contributed by atoms with Gasteiger partial charge in [-0.3, -0.25) is 9.69 Å². The molecule has 1 aromatic rings. The van der Waals surface area contributed by atoms with Crippen molar-refractivity contribution in [2.24, 2.45) is 0 Å². The highest BCUT2D eigenvalue weighted by Gasteiger charge is 2.13. The first-order valence-corrected chi connectivity index (χ1v) is 6.34. The Labute approximate surface area is 108 Å². The van der Waals surface area contributed by atoms with Crippen molar-refractivity contribution in [3.05, 3.63) is 35.4 Å². The third-order valence-corrected chi connectivity index (χ3v) is 3.38. The summed E-state index contributed by atoms with van der Waals surface area (Å²) in [7, 11) is 2.15. The van der Waals surface area contributed by atoms with E-state index in [1.165, 1.54) is 5.56 Å². The van der Waals surface area contributed by atoms with Crippen molar-refractivity contribution in [2.75, 3.05) is 33.2 Å². The van der Waals surface area contributed by atoms with Crippen molar-refractivity contribution < 1.29 is 9.90 Å². The van der Waals surface area contributed by atoms with Crippen LogP contribution in [-0.2, 0) is 17.8 Å². The molecule has 1 aromatic carbocycles. The molecule has 1 aliphatic heterocycles. The molecule has 98 valence electrons. The number of carboxylic acids is 1. The van der Waals surface area contributed by atoms with Gasteiger partial charge < -0.3 is 10.0 Å². The quantitative estimate of drug-likeness (QED) is 0.865. The van der Waals surface area contributed by atoms with E-state index in [9.17, 15) is 4.79 Å². The number of carboxylic acid groups (broad SMARTS) is 1. The molecule has 1 aliphatic rings. The summed E-state index contributed by atoms with van der Waals surface area (Å²) in [4.78, 5) is 15.4. The molecule has 0 spiro atoms. The van der Waals surface area contributed by atoms with Gasteiger partial charge in [0.05, 0.1) is 6.42 Å². The minimum Gasteiger partial charge on any atom is -0.481 e. The standard InChI is InChI=1S/C14H20N2O2/c1-15-6-8-16(9-7-15)11-13-4-2-12(3-5-13)10-14(17)18/h2-5H,6-11H2,1H3,(H,17,18). The van der Waals surface area contributed by atoms with Crippen molar-refractivity contribution in [1.82, 2.24) is 9.80 Å². The molecule has 0 aromatic heterocycles. The van der Waals surface area contributed by atoms with Gasteiger partial charge in [0, 0.05) is 32.7 Å². The molecule has 2 rings (SSSR count). The van der Waals surface area contributed by atoms with Crippen molar-refractivity contribution in [3.8, 4) is 0 Å². The Hall–Kier alpha value is -1.39. The molecule has 0 amide bonds. The monoisotopic (exact) mass is 248 g/mol. The lowest BCUT2D eigenvalue weighted by atomic mass is 10.1. The summed E-state index contributed by atoms with van der Waals surface area (Å²) in [6.07, 6.45) is 0.106. The first kappa shape index (κ1) is 13.1. The maximum absolute atomic E-state index is 10.6. The Morgan fingerprint density at radius 1 is 1.11 bits per heavy atom. The zero-order valence-electron chi connectivity index (χ0n) is 10.8. The smallest absolute Gasteiger partial charge is 0.307 e. The van der Waals surface area contributed by atoms with Crippen LogP contribution in [0.1, 0.15) is 11.1 Å². The molecular formula is C14H20N2O2. The van der Waals surface area contributed by atoms with Crippen LogP contribution in [0.15, 0.2) is 24.3 Å². The van der Waals surface area contributed by atoms with Gasteiger partial charge in [0.15, 0.2) is 0 Å². The molecule has 1 heterocycles.